The van der Waals surface area contributed by atoms with E-state index in [0.29, 0.717) is 16.2 Å². The number of hydrogen-bond acceptors (Lipinski definition) is 3. The Morgan fingerprint density at radius 3 is 2.71 bits per heavy atom. The zero-order chi connectivity index (χ0) is 12.8. The standard InChI is InChI=1S/C12H12F2O2S/c1-8(12(15)16-2)5-6-17-9-3-4-10(13)11(14)7-9/h3-5,7H,6H2,1-2H3. The Balaban J connectivity index is 2.56. The van der Waals surface area contributed by atoms with Gasteiger partial charge >= 0.3 is 5.97 Å². The van der Waals surface area contributed by atoms with Crippen LogP contribution in [0.25, 0.3) is 0 Å². The van der Waals surface area contributed by atoms with Crippen LogP contribution in [0, 0.1) is 11.6 Å². The van der Waals surface area contributed by atoms with Gasteiger partial charge in [-0.3, -0.25) is 0 Å². The third kappa shape index (κ3) is 4.19. The molecule has 0 aromatic heterocycles. The Bertz CT molecular complexity index is 444. The van der Waals surface area contributed by atoms with Gasteiger partial charge in [0.2, 0.25) is 0 Å². The average Bonchev–Trinajstić information content (AvgIpc) is 2.32. The van der Waals surface area contributed by atoms with E-state index in [0.717, 1.165) is 12.1 Å². The molecular weight excluding hydrogens is 246 g/mol. The summed E-state index contributed by atoms with van der Waals surface area (Å²) in [6.45, 7) is 1.64. The van der Waals surface area contributed by atoms with Crippen molar-refractivity contribution < 1.29 is 18.3 Å². The molecule has 0 radical (unpaired) electrons. The lowest BCUT2D eigenvalue weighted by molar-refractivity contribution is -0.136. The molecule has 1 aromatic carbocycles. The predicted octanol–water partition coefficient (Wildman–Crippen LogP) is 3.18. The summed E-state index contributed by atoms with van der Waals surface area (Å²) < 4.78 is 30.0. The van der Waals surface area contributed by atoms with Gasteiger partial charge < -0.3 is 4.74 Å². The van der Waals surface area contributed by atoms with Gasteiger partial charge in [-0.05, 0) is 25.1 Å². The highest BCUT2D eigenvalue weighted by Crippen LogP contribution is 2.20. The van der Waals surface area contributed by atoms with Crippen LogP contribution in [-0.2, 0) is 9.53 Å². The van der Waals surface area contributed by atoms with Gasteiger partial charge in [0, 0.05) is 16.2 Å². The molecule has 0 saturated carbocycles. The first-order valence-electron chi connectivity index (χ1n) is 4.87. The molecule has 2 nitrogen and oxygen atoms in total. The highest BCUT2D eigenvalue weighted by Gasteiger charge is 2.04. The fraction of sp³-hybridized carbons (Fsp3) is 0.250. The van der Waals surface area contributed by atoms with E-state index < -0.39 is 17.6 Å². The topological polar surface area (TPSA) is 26.3 Å². The molecule has 0 amide bonds. The number of rotatable bonds is 4. The van der Waals surface area contributed by atoms with Crippen molar-refractivity contribution in [3.63, 3.8) is 0 Å². The molecule has 0 aliphatic carbocycles. The van der Waals surface area contributed by atoms with Crippen molar-refractivity contribution in [3.8, 4) is 0 Å². The van der Waals surface area contributed by atoms with E-state index >= 15 is 0 Å². The zero-order valence-corrected chi connectivity index (χ0v) is 10.3. The van der Waals surface area contributed by atoms with Crippen LogP contribution in [-0.4, -0.2) is 18.8 Å². The Hall–Kier alpha value is -1.36. The first-order valence-corrected chi connectivity index (χ1v) is 5.86. The van der Waals surface area contributed by atoms with Crippen LogP contribution in [0.15, 0.2) is 34.7 Å². The third-order valence-corrected chi connectivity index (χ3v) is 2.96. The van der Waals surface area contributed by atoms with Crippen LogP contribution in [0.4, 0.5) is 8.78 Å². The molecule has 92 valence electrons. The Kier molecular flexibility index (Phi) is 5.15. The lowest BCUT2D eigenvalue weighted by Gasteiger charge is -2.01. The van der Waals surface area contributed by atoms with Crippen LogP contribution in [0.1, 0.15) is 6.92 Å². The van der Waals surface area contributed by atoms with Gasteiger partial charge in [0.05, 0.1) is 7.11 Å². The van der Waals surface area contributed by atoms with E-state index in [2.05, 4.69) is 4.74 Å². The van der Waals surface area contributed by atoms with E-state index in [1.165, 1.54) is 24.9 Å². The van der Waals surface area contributed by atoms with Crippen molar-refractivity contribution in [2.24, 2.45) is 0 Å². The predicted molar refractivity (Wildman–Crippen MR) is 62.9 cm³/mol. The van der Waals surface area contributed by atoms with Crippen molar-refractivity contribution >= 4 is 17.7 Å². The number of benzene rings is 1. The number of ether oxygens (including phenoxy) is 1. The summed E-state index contributed by atoms with van der Waals surface area (Å²) in [5.74, 6) is -1.64. The van der Waals surface area contributed by atoms with Crippen molar-refractivity contribution in [3.05, 3.63) is 41.5 Å². The molecule has 0 heterocycles. The minimum absolute atomic E-state index is 0.393. The van der Waals surface area contributed by atoms with Crippen molar-refractivity contribution in [1.29, 1.82) is 0 Å². The number of thioether (sulfide) groups is 1. The summed E-state index contributed by atoms with van der Waals surface area (Å²) in [6.07, 6.45) is 1.68. The fourth-order valence-corrected chi connectivity index (χ4v) is 1.95. The van der Waals surface area contributed by atoms with Crippen LogP contribution in [0.3, 0.4) is 0 Å². The van der Waals surface area contributed by atoms with Crippen LogP contribution >= 0.6 is 11.8 Å². The normalized spacial score (nSPS) is 11.4. The smallest absolute Gasteiger partial charge is 0.333 e. The Morgan fingerprint density at radius 1 is 1.41 bits per heavy atom. The maximum Gasteiger partial charge on any atom is 0.333 e. The van der Waals surface area contributed by atoms with E-state index in [1.807, 2.05) is 0 Å². The molecule has 0 spiro atoms. The Morgan fingerprint density at radius 2 is 2.12 bits per heavy atom. The highest BCUT2D eigenvalue weighted by atomic mass is 32.2. The summed E-state index contributed by atoms with van der Waals surface area (Å²) in [5.41, 5.74) is 0.489. The molecule has 17 heavy (non-hydrogen) atoms. The SMILES string of the molecule is COC(=O)C(C)=CCSc1ccc(F)c(F)c1. The molecular formula is C12H12F2O2S. The molecule has 1 aromatic rings. The first kappa shape index (κ1) is 13.7. The molecule has 0 atom stereocenters. The lowest BCUT2D eigenvalue weighted by Crippen LogP contribution is -2.01. The molecule has 0 aliphatic heterocycles. The van der Waals surface area contributed by atoms with Crippen molar-refractivity contribution in [2.75, 3.05) is 12.9 Å². The van der Waals surface area contributed by atoms with Crippen molar-refractivity contribution in [1.82, 2.24) is 0 Å². The Labute approximate surface area is 103 Å². The minimum atomic E-state index is -0.872. The molecule has 0 fully saturated rings. The van der Waals surface area contributed by atoms with Gasteiger partial charge in [0.25, 0.3) is 0 Å². The quantitative estimate of drug-likeness (QED) is 0.471. The van der Waals surface area contributed by atoms with Gasteiger partial charge in [-0.2, -0.15) is 0 Å². The molecule has 1 rings (SSSR count). The second-order valence-corrected chi connectivity index (χ2v) is 4.36. The number of esters is 1. The fourth-order valence-electron chi connectivity index (χ4n) is 1.07. The van der Waals surface area contributed by atoms with Gasteiger partial charge in [-0.15, -0.1) is 11.8 Å². The van der Waals surface area contributed by atoms with Gasteiger partial charge in [-0.1, -0.05) is 6.08 Å². The lowest BCUT2D eigenvalue weighted by atomic mass is 10.3. The van der Waals surface area contributed by atoms with Gasteiger partial charge in [0.15, 0.2) is 11.6 Å². The van der Waals surface area contributed by atoms with Gasteiger partial charge in [-0.25, -0.2) is 13.6 Å². The van der Waals surface area contributed by atoms with Crippen LogP contribution in [0.2, 0.25) is 0 Å². The van der Waals surface area contributed by atoms with E-state index in [1.54, 1.807) is 13.0 Å². The molecule has 0 saturated heterocycles. The van der Waals surface area contributed by atoms with Crippen LogP contribution < -0.4 is 0 Å². The van der Waals surface area contributed by atoms with Gasteiger partial charge in [0.1, 0.15) is 0 Å². The zero-order valence-electron chi connectivity index (χ0n) is 9.50. The largest absolute Gasteiger partial charge is 0.466 e. The highest BCUT2D eigenvalue weighted by molar-refractivity contribution is 7.99. The third-order valence-electron chi connectivity index (χ3n) is 2.04. The summed E-state index contributed by atoms with van der Waals surface area (Å²) in [5, 5.41) is 0. The molecule has 0 N–H and O–H groups in total. The van der Waals surface area contributed by atoms with E-state index in [-0.39, 0.29) is 0 Å². The molecule has 0 bridgehead atoms. The average molecular weight is 258 g/mol. The number of methoxy groups -OCH3 is 1. The van der Waals surface area contributed by atoms with Crippen LogP contribution in [0.5, 0.6) is 0 Å². The second-order valence-electron chi connectivity index (χ2n) is 3.27. The number of halogens is 2. The summed E-state index contributed by atoms with van der Waals surface area (Å²) >= 11 is 1.31. The number of carbonyl (C=O) groups is 1. The molecule has 0 aliphatic rings. The van der Waals surface area contributed by atoms with E-state index in [9.17, 15) is 13.6 Å². The maximum atomic E-state index is 12.9. The molecule has 5 heteroatoms. The van der Waals surface area contributed by atoms with E-state index in [4.69, 9.17) is 0 Å². The van der Waals surface area contributed by atoms with Crippen molar-refractivity contribution in [2.45, 2.75) is 11.8 Å². The number of carbonyl (C=O) groups excluding carboxylic acids is 1. The summed E-state index contributed by atoms with van der Waals surface area (Å²) in [7, 11) is 1.31. The maximum absolute atomic E-state index is 12.9. The molecule has 0 unspecified atom stereocenters. The second kappa shape index (κ2) is 6.39. The monoisotopic (exact) mass is 258 g/mol. The summed E-state index contributed by atoms with van der Waals surface area (Å²) in [4.78, 5) is 11.7. The first-order chi connectivity index (χ1) is 8.04. The number of hydrogen-bond donors (Lipinski definition) is 0. The minimum Gasteiger partial charge on any atom is -0.466 e. The summed E-state index contributed by atoms with van der Waals surface area (Å²) in [6, 6.07) is 3.69.